The third-order valence-corrected chi connectivity index (χ3v) is 6.64. The second kappa shape index (κ2) is 5.87. The lowest BCUT2D eigenvalue weighted by atomic mass is 10.8. The monoisotopic (exact) mass is 308 g/mol. The number of imidazole rings is 2. The Labute approximate surface area is 124 Å². The zero-order chi connectivity index (χ0) is 15.6. The van der Waals surface area contributed by atoms with Crippen LogP contribution in [0.1, 0.15) is 0 Å². The van der Waals surface area contributed by atoms with Gasteiger partial charge in [0.25, 0.3) is 0 Å². The molecule has 1 unspecified atom stereocenters. The molecule has 21 heavy (non-hydrogen) atoms. The summed E-state index contributed by atoms with van der Waals surface area (Å²) in [5, 5.41) is 3.07. The molecule has 0 aliphatic rings. The van der Waals surface area contributed by atoms with Crippen molar-refractivity contribution in [2.24, 2.45) is 14.1 Å². The number of nitrogens with zero attached hydrogens (tertiary/aromatic N) is 5. The fourth-order valence-corrected chi connectivity index (χ4v) is 5.48. The molecule has 2 aromatic rings. The summed E-state index contributed by atoms with van der Waals surface area (Å²) >= 11 is 0. The standard InChI is InChI=1S/C13H21N6OP/c1-6-14-11(17(2)3)21(20,12-15-7-9-18(12)4)13-16-8-10-19(13)5/h6-11,14H,1H2,2-5H3. The Balaban J connectivity index is 2.71. The Morgan fingerprint density at radius 2 is 1.71 bits per heavy atom. The van der Waals surface area contributed by atoms with E-state index in [1.54, 1.807) is 40.1 Å². The third kappa shape index (κ3) is 2.54. The van der Waals surface area contributed by atoms with Crippen molar-refractivity contribution in [1.29, 1.82) is 0 Å². The van der Waals surface area contributed by atoms with Crippen molar-refractivity contribution in [3.63, 3.8) is 0 Å². The lowest BCUT2D eigenvalue weighted by molar-refractivity contribution is 0.342. The molecular weight excluding hydrogens is 287 g/mol. The van der Waals surface area contributed by atoms with E-state index in [1.165, 1.54) is 0 Å². The Morgan fingerprint density at radius 3 is 2.00 bits per heavy atom. The van der Waals surface area contributed by atoms with Crippen LogP contribution in [0, 0.1) is 0 Å². The number of hydrogen-bond donors (Lipinski definition) is 1. The summed E-state index contributed by atoms with van der Waals surface area (Å²) in [6.07, 6.45) is 8.40. The first-order valence-electron chi connectivity index (χ1n) is 6.51. The molecule has 0 bridgehead atoms. The molecule has 0 spiro atoms. The first-order chi connectivity index (χ1) is 9.92. The summed E-state index contributed by atoms with van der Waals surface area (Å²) in [6.45, 7) is 3.69. The summed E-state index contributed by atoms with van der Waals surface area (Å²) in [6, 6.07) is 0. The average molecular weight is 308 g/mol. The highest BCUT2D eigenvalue weighted by atomic mass is 31.2. The van der Waals surface area contributed by atoms with Gasteiger partial charge in [-0.25, -0.2) is 9.97 Å². The molecule has 0 aliphatic heterocycles. The molecule has 0 amide bonds. The molecule has 2 aromatic heterocycles. The molecule has 0 radical (unpaired) electrons. The van der Waals surface area contributed by atoms with E-state index in [9.17, 15) is 4.57 Å². The van der Waals surface area contributed by atoms with E-state index >= 15 is 0 Å². The predicted molar refractivity (Wildman–Crippen MR) is 84.1 cm³/mol. The Kier molecular flexibility index (Phi) is 4.34. The number of nitrogens with one attached hydrogen (secondary N) is 1. The molecule has 0 aromatic carbocycles. The van der Waals surface area contributed by atoms with Crippen molar-refractivity contribution in [1.82, 2.24) is 29.3 Å². The normalized spacial score (nSPS) is 13.4. The summed E-state index contributed by atoms with van der Waals surface area (Å²) in [5.41, 5.74) is 1.01. The first-order valence-corrected chi connectivity index (χ1v) is 8.29. The van der Waals surface area contributed by atoms with Crippen LogP contribution in [0.4, 0.5) is 0 Å². The molecule has 114 valence electrons. The number of rotatable bonds is 6. The number of aromatic nitrogens is 4. The summed E-state index contributed by atoms with van der Waals surface area (Å²) in [7, 11) is 4.25. The zero-order valence-electron chi connectivity index (χ0n) is 12.8. The van der Waals surface area contributed by atoms with E-state index in [1.807, 2.05) is 33.1 Å². The lowest BCUT2D eigenvalue weighted by Gasteiger charge is -2.31. The van der Waals surface area contributed by atoms with Gasteiger partial charge >= 0.3 is 0 Å². The number of aryl methyl sites for hydroxylation is 2. The molecule has 0 saturated heterocycles. The van der Waals surface area contributed by atoms with Crippen LogP contribution in [0.15, 0.2) is 37.6 Å². The molecule has 8 heteroatoms. The van der Waals surface area contributed by atoms with Gasteiger partial charge in [-0.1, -0.05) is 6.58 Å². The summed E-state index contributed by atoms with van der Waals surface area (Å²) in [4.78, 5) is 10.5. The Morgan fingerprint density at radius 1 is 1.24 bits per heavy atom. The van der Waals surface area contributed by atoms with Crippen molar-refractivity contribution in [2.75, 3.05) is 14.1 Å². The van der Waals surface area contributed by atoms with Gasteiger partial charge in [-0.2, -0.15) is 0 Å². The largest absolute Gasteiger partial charge is 0.369 e. The molecule has 0 saturated carbocycles. The molecule has 0 aliphatic carbocycles. The third-order valence-electron chi connectivity index (χ3n) is 3.29. The molecule has 1 atom stereocenters. The first kappa shape index (κ1) is 15.5. The Bertz CT molecular complexity index is 630. The quantitative estimate of drug-likeness (QED) is 0.603. The average Bonchev–Trinajstić information content (AvgIpc) is 3.04. The van der Waals surface area contributed by atoms with Crippen LogP contribution in [-0.4, -0.2) is 44.0 Å². The second-order valence-corrected chi connectivity index (χ2v) is 7.65. The van der Waals surface area contributed by atoms with Gasteiger partial charge in [0, 0.05) is 38.9 Å². The van der Waals surface area contributed by atoms with Crippen molar-refractivity contribution >= 4 is 18.3 Å². The van der Waals surface area contributed by atoms with Gasteiger partial charge in [0.05, 0.1) is 0 Å². The molecular formula is C13H21N6OP. The van der Waals surface area contributed by atoms with Crippen LogP contribution in [-0.2, 0) is 18.7 Å². The predicted octanol–water partition coefficient (Wildman–Crippen LogP) is 0.0458. The van der Waals surface area contributed by atoms with E-state index < -0.39 is 13.0 Å². The maximum atomic E-state index is 14.0. The molecule has 0 fully saturated rings. The highest BCUT2D eigenvalue weighted by Crippen LogP contribution is 2.46. The van der Waals surface area contributed by atoms with Gasteiger partial charge in [0.15, 0.2) is 11.1 Å². The second-order valence-electron chi connectivity index (χ2n) is 5.04. The van der Waals surface area contributed by atoms with Crippen molar-refractivity contribution in [2.45, 2.75) is 5.91 Å². The van der Waals surface area contributed by atoms with Gasteiger partial charge in [0.2, 0.25) is 7.14 Å². The van der Waals surface area contributed by atoms with Gasteiger partial charge in [-0.15, -0.1) is 0 Å². The van der Waals surface area contributed by atoms with Crippen LogP contribution in [0.5, 0.6) is 0 Å². The van der Waals surface area contributed by atoms with Gasteiger partial charge in [-0.3, -0.25) is 4.90 Å². The fourth-order valence-electron chi connectivity index (χ4n) is 2.35. The van der Waals surface area contributed by atoms with Gasteiger partial charge in [-0.05, 0) is 20.3 Å². The van der Waals surface area contributed by atoms with Crippen LogP contribution in [0.2, 0.25) is 0 Å². The van der Waals surface area contributed by atoms with E-state index in [2.05, 4.69) is 21.9 Å². The minimum absolute atomic E-state index is 0.475. The molecule has 7 nitrogen and oxygen atoms in total. The van der Waals surface area contributed by atoms with Crippen molar-refractivity contribution in [3.8, 4) is 0 Å². The van der Waals surface area contributed by atoms with Gasteiger partial charge < -0.3 is 19.0 Å². The van der Waals surface area contributed by atoms with Crippen LogP contribution in [0.3, 0.4) is 0 Å². The molecule has 1 N–H and O–H groups in total. The van der Waals surface area contributed by atoms with E-state index in [0.29, 0.717) is 11.1 Å². The number of hydrogen-bond acceptors (Lipinski definition) is 5. The van der Waals surface area contributed by atoms with Crippen molar-refractivity contribution in [3.05, 3.63) is 37.6 Å². The highest BCUT2D eigenvalue weighted by Gasteiger charge is 2.44. The molecule has 2 rings (SSSR count). The Hall–Kier alpha value is -1.85. The van der Waals surface area contributed by atoms with Crippen LogP contribution < -0.4 is 16.4 Å². The van der Waals surface area contributed by atoms with E-state index in [-0.39, 0.29) is 0 Å². The summed E-state index contributed by atoms with van der Waals surface area (Å²) in [5.74, 6) is -0.475. The van der Waals surface area contributed by atoms with E-state index in [4.69, 9.17) is 0 Å². The maximum Gasteiger partial charge on any atom is 0.246 e. The SMILES string of the molecule is C=CNC(N(C)C)P(=O)(c1nccn1C)c1nccn1C. The van der Waals surface area contributed by atoms with Crippen LogP contribution >= 0.6 is 7.14 Å². The fraction of sp³-hybridized carbons (Fsp3) is 0.385. The van der Waals surface area contributed by atoms with Crippen LogP contribution in [0.25, 0.3) is 0 Å². The molecule has 2 heterocycles. The lowest BCUT2D eigenvalue weighted by Crippen LogP contribution is -2.47. The summed E-state index contributed by atoms with van der Waals surface area (Å²) < 4.78 is 17.5. The zero-order valence-corrected chi connectivity index (χ0v) is 13.7. The van der Waals surface area contributed by atoms with Crippen molar-refractivity contribution < 1.29 is 4.57 Å². The minimum atomic E-state index is -3.14. The highest BCUT2D eigenvalue weighted by molar-refractivity contribution is 7.78. The smallest absolute Gasteiger partial charge is 0.246 e. The topological polar surface area (TPSA) is 68.0 Å². The van der Waals surface area contributed by atoms with E-state index in [0.717, 1.165) is 0 Å². The maximum absolute atomic E-state index is 14.0. The van der Waals surface area contributed by atoms with Gasteiger partial charge in [0.1, 0.15) is 5.91 Å². The minimum Gasteiger partial charge on any atom is -0.369 e.